The normalized spacial score (nSPS) is 16.5. The number of aromatic nitrogens is 4. The number of carbonyl (C=O) groups is 2. The smallest absolute Gasteiger partial charge is 0.343 e. The van der Waals surface area contributed by atoms with Crippen molar-refractivity contribution in [1.29, 1.82) is 0 Å². The van der Waals surface area contributed by atoms with Crippen molar-refractivity contribution in [2.24, 2.45) is 0 Å². The van der Waals surface area contributed by atoms with E-state index in [-0.39, 0.29) is 43.0 Å². The van der Waals surface area contributed by atoms with Crippen LogP contribution in [0, 0.1) is 0 Å². The van der Waals surface area contributed by atoms with Gasteiger partial charge in [-0.2, -0.15) is 9.97 Å². The third-order valence-corrected chi connectivity index (χ3v) is 10.1. The molecule has 4 heterocycles. The van der Waals surface area contributed by atoms with Crippen LogP contribution in [0.25, 0.3) is 0 Å². The highest BCUT2D eigenvalue weighted by molar-refractivity contribution is 6.32. The van der Waals surface area contributed by atoms with Crippen LogP contribution in [0.1, 0.15) is 64.4 Å². The number of methoxy groups -OCH3 is 2. The van der Waals surface area contributed by atoms with Gasteiger partial charge in [-0.3, -0.25) is 0 Å². The van der Waals surface area contributed by atoms with Crippen molar-refractivity contribution in [3.63, 3.8) is 0 Å². The third-order valence-electron chi connectivity index (χ3n) is 9.51. The number of benzene rings is 2. The number of hydrogen-bond acceptors (Lipinski definition) is 15. The highest BCUT2D eigenvalue weighted by Gasteiger charge is 2.31. The number of aliphatic hydroxyl groups excluding tert-OH is 1. The van der Waals surface area contributed by atoms with Gasteiger partial charge in [-0.05, 0) is 68.0 Å². The molecule has 2 saturated heterocycles. The molecule has 2 aliphatic heterocycles. The van der Waals surface area contributed by atoms with Crippen LogP contribution in [0.2, 0.25) is 10.0 Å². The van der Waals surface area contributed by atoms with Crippen LogP contribution in [-0.2, 0) is 22.6 Å². The van der Waals surface area contributed by atoms with Gasteiger partial charge in [0.05, 0.1) is 49.6 Å². The van der Waals surface area contributed by atoms with E-state index in [9.17, 15) is 14.7 Å². The third kappa shape index (κ3) is 9.40. The van der Waals surface area contributed by atoms with Gasteiger partial charge in [0.1, 0.15) is 40.9 Å². The number of anilines is 4. The predicted octanol–water partition coefficient (Wildman–Crippen LogP) is 5.78. The average Bonchev–Trinajstić information content (AvgIpc) is 3.88. The van der Waals surface area contributed by atoms with E-state index in [4.69, 9.17) is 52.1 Å². The number of halogens is 2. The summed E-state index contributed by atoms with van der Waals surface area (Å²) in [7, 11) is 3.10. The van der Waals surface area contributed by atoms with E-state index in [1.807, 2.05) is 21.9 Å². The van der Waals surface area contributed by atoms with Crippen molar-refractivity contribution in [2.45, 2.75) is 57.8 Å². The Morgan fingerprint density at radius 2 is 1.27 bits per heavy atom. The minimum atomic E-state index is -0.604. The fraction of sp³-hybridized carbons (Fsp3) is 0.421. The van der Waals surface area contributed by atoms with E-state index in [1.165, 1.54) is 12.4 Å². The molecule has 0 bridgehead atoms. The average molecular weight is 796 g/mol. The Hall–Kier alpha value is -5.12. The number of ether oxygens (including phenoxy) is 4. The fourth-order valence-corrected chi connectivity index (χ4v) is 7.18. The van der Waals surface area contributed by atoms with Gasteiger partial charge < -0.3 is 44.5 Å². The molecule has 292 valence electrons. The van der Waals surface area contributed by atoms with Gasteiger partial charge in [-0.25, -0.2) is 19.6 Å². The molecule has 55 heavy (non-hydrogen) atoms. The summed E-state index contributed by atoms with van der Waals surface area (Å²) < 4.78 is 21.7. The molecule has 15 nitrogen and oxygen atoms in total. The maximum atomic E-state index is 13.7. The summed E-state index contributed by atoms with van der Waals surface area (Å²) in [4.78, 5) is 49.0. The molecule has 2 fully saturated rings. The lowest BCUT2D eigenvalue weighted by Gasteiger charge is -2.25. The Balaban J connectivity index is 1.19. The molecule has 0 unspecified atom stereocenters. The van der Waals surface area contributed by atoms with Crippen LogP contribution >= 0.6 is 23.2 Å². The lowest BCUT2D eigenvalue weighted by atomic mass is 10.2. The lowest BCUT2D eigenvalue weighted by molar-refractivity contribution is 0.0480. The molecule has 2 atom stereocenters. The van der Waals surface area contributed by atoms with Crippen LogP contribution in [-0.4, -0.2) is 96.2 Å². The van der Waals surface area contributed by atoms with Crippen molar-refractivity contribution in [2.75, 3.05) is 67.6 Å². The van der Waals surface area contributed by atoms with Crippen LogP contribution < -0.4 is 29.9 Å². The molecule has 2 aromatic carbocycles. The minimum absolute atomic E-state index is 0.0253. The maximum absolute atomic E-state index is 13.7. The van der Waals surface area contributed by atoms with Gasteiger partial charge >= 0.3 is 11.9 Å². The minimum Gasteiger partial charge on any atom is -0.495 e. The summed E-state index contributed by atoms with van der Waals surface area (Å²) in [6.45, 7) is 3.87. The SMILES string of the molecule is CCOC(=O)c1cnc(N2CCC[C@H]2COC(=O)c2cnc(N3CCC[C@H]3CO)nc2NCc2ccc(OC)c(Cl)c2)nc1NCc1ccc(OC)c(Cl)c1. The molecular weight excluding hydrogens is 751 g/mol. The molecule has 2 aliphatic rings. The Kier molecular flexibility index (Phi) is 13.3. The first-order valence-electron chi connectivity index (χ1n) is 18.1. The first-order valence-corrected chi connectivity index (χ1v) is 18.8. The van der Waals surface area contributed by atoms with Crippen molar-refractivity contribution >= 4 is 58.7 Å². The zero-order valence-corrected chi connectivity index (χ0v) is 32.4. The maximum Gasteiger partial charge on any atom is 0.343 e. The van der Waals surface area contributed by atoms with E-state index >= 15 is 0 Å². The number of esters is 2. The standard InChI is InChI=1S/C38H44Cl2N8O7/c1-4-54-35(50)27-19-44-38(46-33(27)41-17-23-9-11-31(52-2)29(39)15-23)48-14-6-8-26(48)22-55-36(51)28-20-43-37(47-13-5-7-25(47)21-49)45-34(28)42-18-24-10-12-32(53-3)30(40)16-24/h9-12,15-16,19-20,25-26,49H,4-8,13-14,17-18,21-22H2,1-3H3,(H,41,44,46)(H,42,43,45)/t25-,26-/m0/s1. The highest BCUT2D eigenvalue weighted by Crippen LogP contribution is 2.30. The van der Waals surface area contributed by atoms with E-state index in [1.54, 1.807) is 45.4 Å². The molecule has 0 aliphatic carbocycles. The second-order valence-electron chi connectivity index (χ2n) is 13.0. The van der Waals surface area contributed by atoms with Crippen LogP contribution in [0.3, 0.4) is 0 Å². The van der Waals surface area contributed by atoms with Gasteiger partial charge in [-0.15, -0.1) is 0 Å². The highest BCUT2D eigenvalue weighted by atomic mass is 35.5. The van der Waals surface area contributed by atoms with Crippen molar-refractivity contribution in [3.8, 4) is 11.5 Å². The molecule has 4 aromatic rings. The van der Waals surface area contributed by atoms with Gasteiger partial charge in [-0.1, -0.05) is 35.3 Å². The van der Waals surface area contributed by atoms with Crippen LogP contribution in [0.4, 0.5) is 23.5 Å². The molecule has 0 spiro atoms. The van der Waals surface area contributed by atoms with Crippen LogP contribution in [0.5, 0.6) is 11.5 Å². The zero-order chi connectivity index (χ0) is 38.9. The second kappa shape index (κ2) is 18.5. The van der Waals surface area contributed by atoms with Crippen molar-refractivity contribution < 1.29 is 33.6 Å². The van der Waals surface area contributed by atoms with E-state index in [0.29, 0.717) is 71.3 Å². The first kappa shape index (κ1) is 39.6. The number of aliphatic hydroxyl groups is 1. The molecule has 6 rings (SSSR count). The summed E-state index contributed by atoms with van der Waals surface area (Å²) in [6.07, 6.45) is 6.15. The molecule has 17 heteroatoms. The monoisotopic (exact) mass is 794 g/mol. The molecule has 2 aromatic heterocycles. The summed E-state index contributed by atoms with van der Waals surface area (Å²) in [6, 6.07) is 10.5. The Morgan fingerprint density at radius 3 is 1.75 bits per heavy atom. The lowest BCUT2D eigenvalue weighted by Crippen LogP contribution is -2.35. The molecular formula is C38H44Cl2N8O7. The summed E-state index contributed by atoms with van der Waals surface area (Å²) in [5.41, 5.74) is 2.04. The largest absolute Gasteiger partial charge is 0.495 e. The summed E-state index contributed by atoms with van der Waals surface area (Å²) in [5, 5.41) is 17.3. The Morgan fingerprint density at radius 1 is 0.782 bits per heavy atom. The van der Waals surface area contributed by atoms with E-state index in [0.717, 1.165) is 36.8 Å². The number of nitrogens with one attached hydrogen (secondary N) is 2. The van der Waals surface area contributed by atoms with E-state index in [2.05, 4.69) is 20.6 Å². The number of nitrogens with zero attached hydrogens (tertiary/aromatic N) is 6. The number of carbonyl (C=O) groups excluding carboxylic acids is 2. The van der Waals surface area contributed by atoms with Crippen LogP contribution in [0.15, 0.2) is 48.8 Å². The molecule has 3 N–H and O–H groups in total. The summed E-state index contributed by atoms with van der Waals surface area (Å²) >= 11 is 12.7. The van der Waals surface area contributed by atoms with Gasteiger partial charge in [0.2, 0.25) is 11.9 Å². The Bertz CT molecular complexity index is 1990. The number of hydrogen-bond donors (Lipinski definition) is 3. The van der Waals surface area contributed by atoms with Crippen molar-refractivity contribution in [3.05, 3.63) is 81.1 Å². The predicted molar refractivity (Wildman–Crippen MR) is 209 cm³/mol. The van der Waals surface area contributed by atoms with Gasteiger partial charge in [0.25, 0.3) is 0 Å². The fourth-order valence-electron chi connectivity index (χ4n) is 6.62. The summed E-state index contributed by atoms with van der Waals surface area (Å²) in [5.74, 6) is 1.32. The second-order valence-corrected chi connectivity index (χ2v) is 13.8. The first-order chi connectivity index (χ1) is 26.7. The topological polar surface area (TPSA) is 173 Å². The molecule has 0 amide bonds. The number of rotatable bonds is 16. The molecule has 0 radical (unpaired) electrons. The van der Waals surface area contributed by atoms with Gasteiger partial charge in [0, 0.05) is 38.6 Å². The quantitative estimate of drug-likeness (QED) is 0.116. The zero-order valence-electron chi connectivity index (χ0n) is 30.9. The van der Waals surface area contributed by atoms with E-state index < -0.39 is 11.9 Å². The molecule has 0 saturated carbocycles. The Labute approximate surface area is 329 Å². The van der Waals surface area contributed by atoms with Crippen molar-refractivity contribution in [1.82, 2.24) is 19.9 Å². The van der Waals surface area contributed by atoms with Gasteiger partial charge in [0.15, 0.2) is 0 Å².